The van der Waals surface area contributed by atoms with Crippen LogP contribution in [0.2, 0.25) is 5.02 Å². The average Bonchev–Trinajstić information content (AvgIpc) is 2.61. The van der Waals surface area contributed by atoms with Gasteiger partial charge in [0.1, 0.15) is 5.71 Å². The molecule has 0 aliphatic carbocycles. The number of nitrogens with zero attached hydrogens (tertiary/aromatic N) is 2. The number of aromatic nitrogens is 1. The molecule has 0 bridgehead atoms. The minimum atomic E-state index is 0.451. The van der Waals surface area contributed by atoms with Crippen molar-refractivity contribution in [3.63, 3.8) is 0 Å². The summed E-state index contributed by atoms with van der Waals surface area (Å²) in [6.45, 7) is 3.98. The molecule has 3 rings (SSSR count). The molecule has 0 aliphatic heterocycles. The summed E-state index contributed by atoms with van der Waals surface area (Å²) in [5.74, 6) is 0. The molecule has 1 aromatic heterocycles. The second-order valence-corrected chi connectivity index (χ2v) is 6.18. The fourth-order valence-corrected chi connectivity index (χ4v) is 2.90. The van der Waals surface area contributed by atoms with Crippen molar-refractivity contribution in [1.29, 1.82) is 0 Å². The Balaban J connectivity index is 1.94. The molecule has 126 valence electrons. The molecule has 0 saturated carbocycles. The summed E-state index contributed by atoms with van der Waals surface area (Å²) in [4.78, 5) is 4.12. The third-order valence-corrected chi connectivity index (χ3v) is 4.36. The zero-order valence-electron chi connectivity index (χ0n) is 14.0. The van der Waals surface area contributed by atoms with E-state index in [4.69, 9.17) is 11.6 Å². The summed E-state index contributed by atoms with van der Waals surface area (Å²) in [6.07, 6.45) is 3.52. The molecular weight excluding hydrogens is 334 g/mol. The summed E-state index contributed by atoms with van der Waals surface area (Å²) in [6, 6.07) is 15.2. The minimum Gasteiger partial charge on any atom is -0.410 e. The maximum Gasteiger partial charge on any atom is 0.118 e. The summed E-state index contributed by atoms with van der Waals surface area (Å²) in [7, 11) is 0. The molecule has 0 fully saturated rings. The van der Waals surface area contributed by atoms with E-state index in [-0.39, 0.29) is 0 Å². The molecule has 0 spiro atoms. The number of benzene rings is 2. The number of halogens is 1. The van der Waals surface area contributed by atoms with Crippen LogP contribution in [-0.4, -0.2) is 15.9 Å². The van der Waals surface area contributed by atoms with Crippen LogP contribution in [-0.2, 0) is 0 Å². The first kappa shape index (κ1) is 17.0. The zero-order valence-corrected chi connectivity index (χ0v) is 14.7. The molecule has 5 heteroatoms. The number of hydrogen-bond acceptors (Lipinski definition) is 4. The number of rotatable bonds is 4. The van der Waals surface area contributed by atoms with Crippen molar-refractivity contribution >= 4 is 28.7 Å². The number of oxime groups is 1. The van der Waals surface area contributed by atoms with Gasteiger partial charge < -0.3 is 10.5 Å². The molecule has 1 heterocycles. The lowest BCUT2D eigenvalue weighted by atomic mass is 9.98. The summed E-state index contributed by atoms with van der Waals surface area (Å²) in [5.41, 5.74) is 5.83. The lowest BCUT2D eigenvalue weighted by Gasteiger charge is -2.13. The highest BCUT2D eigenvalue weighted by Crippen LogP contribution is 2.27. The van der Waals surface area contributed by atoms with E-state index in [1.165, 1.54) is 0 Å². The van der Waals surface area contributed by atoms with Crippen LogP contribution in [0.25, 0.3) is 0 Å². The van der Waals surface area contributed by atoms with Crippen LogP contribution >= 0.6 is 11.6 Å². The van der Waals surface area contributed by atoms with Crippen molar-refractivity contribution in [2.75, 3.05) is 5.32 Å². The molecule has 0 amide bonds. The topological polar surface area (TPSA) is 57.5 Å². The molecular formula is C20H18ClN3O. The van der Waals surface area contributed by atoms with Gasteiger partial charge in [-0.15, -0.1) is 0 Å². The van der Waals surface area contributed by atoms with Crippen molar-refractivity contribution in [3.8, 4) is 0 Å². The standard InChI is InChI=1S/C20H18ClN3O/c1-13-5-3-4-6-16(13)20(24-25)17-8-7-15(11-18(17)21)23-19-12-22-10-9-14(19)2/h3-12,23,25H,1-2H3/b24-20-. The van der Waals surface area contributed by atoms with E-state index in [0.717, 1.165) is 28.1 Å². The van der Waals surface area contributed by atoms with Crippen molar-refractivity contribution in [2.24, 2.45) is 5.16 Å². The SMILES string of the molecule is Cc1ccncc1Nc1ccc(/C(=N\O)c2ccccc2C)c(Cl)c1. The van der Waals surface area contributed by atoms with Gasteiger partial charge in [-0.2, -0.15) is 0 Å². The largest absolute Gasteiger partial charge is 0.410 e. The summed E-state index contributed by atoms with van der Waals surface area (Å²) in [5, 5.41) is 16.8. The normalized spacial score (nSPS) is 11.4. The number of nitrogens with one attached hydrogen (secondary N) is 1. The maximum absolute atomic E-state index is 9.53. The Morgan fingerprint density at radius 3 is 2.52 bits per heavy atom. The van der Waals surface area contributed by atoms with Gasteiger partial charge in [-0.05, 0) is 49.2 Å². The van der Waals surface area contributed by atoms with Gasteiger partial charge in [-0.25, -0.2) is 0 Å². The first-order chi connectivity index (χ1) is 12.1. The van der Waals surface area contributed by atoms with E-state index in [1.54, 1.807) is 12.4 Å². The highest BCUT2D eigenvalue weighted by Gasteiger charge is 2.14. The van der Waals surface area contributed by atoms with Gasteiger partial charge in [0.25, 0.3) is 0 Å². The van der Waals surface area contributed by atoms with E-state index >= 15 is 0 Å². The Kier molecular flexibility index (Phi) is 5.00. The zero-order chi connectivity index (χ0) is 17.8. The molecule has 25 heavy (non-hydrogen) atoms. The fraction of sp³-hybridized carbons (Fsp3) is 0.100. The molecule has 0 saturated heterocycles. The van der Waals surface area contributed by atoms with E-state index in [9.17, 15) is 5.21 Å². The monoisotopic (exact) mass is 351 g/mol. The van der Waals surface area contributed by atoms with Crippen molar-refractivity contribution in [2.45, 2.75) is 13.8 Å². The van der Waals surface area contributed by atoms with Crippen LogP contribution < -0.4 is 5.32 Å². The molecule has 0 radical (unpaired) electrons. The van der Waals surface area contributed by atoms with Crippen LogP contribution in [0, 0.1) is 13.8 Å². The Hall–Kier alpha value is -2.85. The predicted octanol–water partition coefficient (Wildman–Crippen LogP) is 5.32. The Bertz CT molecular complexity index is 938. The second kappa shape index (κ2) is 7.36. The van der Waals surface area contributed by atoms with Crippen LogP contribution in [0.15, 0.2) is 66.1 Å². The van der Waals surface area contributed by atoms with Crippen molar-refractivity contribution in [3.05, 3.63) is 88.2 Å². The quantitative estimate of drug-likeness (QED) is 0.380. The van der Waals surface area contributed by atoms with Crippen molar-refractivity contribution < 1.29 is 5.21 Å². The van der Waals surface area contributed by atoms with Gasteiger partial charge >= 0.3 is 0 Å². The van der Waals surface area contributed by atoms with E-state index in [0.29, 0.717) is 16.3 Å². The Labute approximate surface area is 151 Å². The Morgan fingerprint density at radius 1 is 1.04 bits per heavy atom. The molecule has 2 N–H and O–H groups in total. The van der Waals surface area contributed by atoms with Gasteiger partial charge in [0.2, 0.25) is 0 Å². The first-order valence-corrected chi connectivity index (χ1v) is 8.23. The summed E-state index contributed by atoms with van der Waals surface area (Å²) < 4.78 is 0. The van der Waals surface area contributed by atoms with Gasteiger partial charge in [-0.3, -0.25) is 4.98 Å². The highest BCUT2D eigenvalue weighted by molar-refractivity contribution is 6.35. The van der Waals surface area contributed by atoms with Gasteiger partial charge in [0, 0.05) is 23.0 Å². The molecule has 3 aromatic rings. The first-order valence-electron chi connectivity index (χ1n) is 7.86. The van der Waals surface area contributed by atoms with Crippen molar-refractivity contribution in [1.82, 2.24) is 4.98 Å². The van der Waals surface area contributed by atoms with E-state index < -0.39 is 0 Å². The van der Waals surface area contributed by atoms with Crippen LogP contribution in [0.3, 0.4) is 0 Å². The number of anilines is 2. The van der Waals surface area contributed by atoms with Gasteiger partial charge in [0.15, 0.2) is 0 Å². The average molecular weight is 352 g/mol. The second-order valence-electron chi connectivity index (χ2n) is 5.77. The van der Waals surface area contributed by atoms with Crippen LogP contribution in [0.1, 0.15) is 22.3 Å². The van der Waals surface area contributed by atoms with Crippen LogP contribution in [0.5, 0.6) is 0 Å². The van der Waals surface area contributed by atoms with Crippen LogP contribution in [0.4, 0.5) is 11.4 Å². The van der Waals surface area contributed by atoms with Gasteiger partial charge in [0.05, 0.1) is 16.9 Å². The maximum atomic E-state index is 9.53. The Morgan fingerprint density at radius 2 is 1.84 bits per heavy atom. The number of pyridine rings is 1. The summed E-state index contributed by atoms with van der Waals surface area (Å²) >= 11 is 6.46. The lowest BCUT2D eigenvalue weighted by Crippen LogP contribution is -2.06. The molecule has 0 aliphatic rings. The number of hydrogen-bond donors (Lipinski definition) is 2. The molecule has 0 atom stereocenters. The predicted molar refractivity (Wildman–Crippen MR) is 102 cm³/mol. The number of aryl methyl sites for hydroxylation is 2. The fourth-order valence-electron chi connectivity index (χ4n) is 2.63. The molecule has 4 nitrogen and oxygen atoms in total. The van der Waals surface area contributed by atoms with Gasteiger partial charge in [-0.1, -0.05) is 41.0 Å². The third kappa shape index (κ3) is 3.64. The minimum absolute atomic E-state index is 0.451. The third-order valence-electron chi connectivity index (χ3n) is 4.04. The molecule has 0 unspecified atom stereocenters. The smallest absolute Gasteiger partial charge is 0.118 e. The molecule has 2 aromatic carbocycles. The van der Waals surface area contributed by atoms with E-state index in [2.05, 4.69) is 15.5 Å². The lowest BCUT2D eigenvalue weighted by molar-refractivity contribution is 0.319. The van der Waals surface area contributed by atoms with E-state index in [1.807, 2.05) is 62.4 Å². The highest BCUT2D eigenvalue weighted by atomic mass is 35.5.